The van der Waals surface area contributed by atoms with Gasteiger partial charge in [-0.2, -0.15) is 0 Å². The Balaban J connectivity index is 1.98. The molecule has 0 radical (unpaired) electrons. The number of fused-ring (bicyclic) bond motifs is 1. The number of carbonyl (C=O) groups excluding carboxylic acids is 1. The lowest BCUT2D eigenvalue weighted by Gasteiger charge is -2.16. The number of anilines is 2. The van der Waals surface area contributed by atoms with Crippen molar-refractivity contribution in [3.05, 3.63) is 23.6 Å². The van der Waals surface area contributed by atoms with Crippen molar-refractivity contribution in [3.8, 4) is 11.3 Å². The minimum absolute atomic E-state index is 0.0545. The normalized spacial score (nSPS) is 13.9. The molecule has 1 aromatic heterocycles. The van der Waals surface area contributed by atoms with E-state index in [9.17, 15) is 4.79 Å². The molecular formula is C12H11N3OS2. The summed E-state index contributed by atoms with van der Waals surface area (Å²) in [6.07, 6.45) is 0. The van der Waals surface area contributed by atoms with Gasteiger partial charge in [0.25, 0.3) is 0 Å². The van der Waals surface area contributed by atoms with Gasteiger partial charge in [-0.15, -0.1) is 23.1 Å². The molecule has 2 heterocycles. The van der Waals surface area contributed by atoms with E-state index >= 15 is 0 Å². The highest BCUT2D eigenvalue weighted by Gasteiger charge is 2.16. The number of carbonyl (C=O) groups is 1. The predicted octanol–water partition coefficient (Wildman–Crippen LogP) is 2.90. The molecule has 2 N–H and O–H groups in total. The summed E-state index contributed by atoms with van der Waals surface area (Å²) in [5.74, 6) is 0.547. The van der Waals surface area contributed by atoms with E-state index in [-0.39, 0.29) is 5.91 Å². The average Bonchev–Trinajstić information content (AvgIpc) is 2.86. The van der Waals surface area contributed by atoms with Gasteiger partial charge in [-0.3, -0.25) is 4.79 Å². The Morgan fingerprint density at radius 3 is 3.11 bits per heavy atom. The molecule has 0 atom stereocenters. The number of hydrogen-bond acceptors (Lipinski definition) is 5. The molecule has 92 valence electrons. The fourth-order valence-electron chi connectivity index (χ4n) is 1.76. The van der Waals surface area contributed by atoms with Crippen LogP contribution in [0.15, 0.2) is 28.5 Å². The number of hydrogen-bond donors (Lipinski definition) is 2. The van der Waals surface area contributed by atoms with Crippen molar-refractivity contribution in [2.24, 2.45) is 0 Å². The summed E-state index contributed by atoms with van der Waals surface area (Å²) < 4.78 is 0. The highest BCUT2D eigenvalue weighted by molar-refractivity contribution is 8.00. The third kappa shape index (κ3) is 2.09. The second kappa shape index (κ2) is 4.62. The van der Waals surface area contributed by atoms with Crippen molar-refractivity contribution in [1.29, 1.82) is 0 Å². The van der Waals surface area contributed by atoms with Gasteiger partial charge in [0.05, 0.1) is 17.1 Å². The number of thioether (sulfide) groups is 1. The smallest absolute Gasteiger partial charge is 0.234 e. The first-order valence-corrected chi connectivity index (χ1v) is 7.33. The maximum atomic E-state index is 11.4. The Bertz CT molecular complexity index is 609. The van der Waals surface area contributed by atoms with Gasteiger partial charge in [0.1, 0.15) is 0 Å². The Kier molecular flexibility index (Phi) is 2.97. The SMILES string of the molecule is CNc1nc(-c2ccc3c(c2)NC(=O)CS3)cs1. The lowest BCUT2D eigenvalue weighted by Crippen LogP contribution is -2.18. The first-order valence-electron chi connectivity index (χ1n) is 5.46. The van der Waals surface area contributed by atoms with Crippen molar-refractivity contribution in [2.75, 3.05) is 23.4 Å². The summed E-state index contributed by atoms with van der Waals surface area (Å²) in [6, 6.07) is 6.05. The maximum Gasteiger partial charge on any atom is 0.234 e. The lowest BCUT2D eigenvalue weighted by atomic mass is 10.1. The molecule has 0 bridgehead atoms. The predicted molar refractivity (Wildman–Crippen MR) is 76.5 cm³/mol. The highest BCUT2D eigenvalue weighted by Crippen LogP contribution is 2.35. The number of thiazole rings is 1. The molecule has 1 amide bonds. The van der Waals surface area contributed by atoms with Gasteiger partial charge in [0, 0.05) is 22.9 Å². The van der Waals surface area contributed by atoms with Crippen LogP contribution in [0.4, 0.5) is 10.8 Å². The van der Waals surface area contributed by atoms with Crippen molar-refractivity contribution >= 4 is 39.8 Å². The molecule has 0 saturated heterocycles. The molecule has 0 spiro atoms. The van der Waals surface area contributed by atoms with Crippen LogP contribution in [0, 0.1) is 0 Å². The fourth-order valence-corrected chi connectivity index (χ4v) is 3.23. The van der Waals surface area contributed by atoms with Crippen LogP contribution in [-0.4, -0.2) is 23.7 Å². The maximum absolute atomic E-state index is 11.4. The van der Waals surface area contributed by atoms with Crippen LogP contribution in [0.25, 0.3) is 11.3 Å². The first-order chi connectivity index (χ1) is 8.76. The van der Waals surface area contributed by atoms with Crippen LogP contribution in [0.3, 0.4) is 0 Å². The zero-order valence-corrected chi connectivity index (χ0v) is 11.3. The molecule has 18 heavy (non-hydrogen) atoms. The molecule has 6 heteroatoms. The molecular weight excluding hydrogens is 266 g/mol. The van der Waals surface area contributed by atoms with Crippen LogP contribution >= 0.6 is 23.1 Å². The van der Waals surface area contributed by atoms with Gasteiger partial charge in [0.15, 0.2) is 5.13 Å². The zero-order valence-electron chi connectivity index (χ0n) is 9.69. The molecule has 1 aliphatic rings. The molecule has 1 aromatic carbocycles. The second-order valence-corrected chi connectivity index (χ2v) is 5.71. The van der Waals surface area contributed by atoms with E-state index in [2.05, 4.69) is 15.6 Å². The van der Waals surface area contributed by atoms with Crippen molar-refractivity contribution in [1.82, 2.24) is 4.98 Å². The molecule has 4 nitrogen and oxygen atoms in total. The quantitative estimate of drug-likeness (QED) is 0.886. The lowest BCUT2D eigenvalue weighted by molar-refractivity contribution is -0.113. The Morgan fingerprint density at radius 1 is 1.44 bits per heavy atom. The zero-order chi connectivity index (χ0) is 12.5. The number of nitrogens with zero attached hydrogens (tertiary/aromatic N) is 1. The largest absolute Gasteiger partial charge is 0.365 e. The molecule has 2 aromatic rings. The molecule has 0 saturated carbocycles. The van der Waals surface area contributed by atoms with Gasteiger partial charge in [-0.1, -0.05) is 6.07 Å². The third-order valence-electron chi connectivity index (χ3n) is 2.63. The van der Waals surface area contributed by atoms with E-state index < -0.39 is 0 Å². The van der Waals surface area contributed by atoms with Crippen molar-refractivity contribution in [3.63, 3.8) is 0 Å². The first kappa shape index (κ1) is 11.6. The topological polar surface area (TPSA) is 54.0 Å². The van der Waals surface area contributed by atoms with Gasteiger partial charge in [-0.25, -0.2) is 4.98 Å². The molecule has 1 aliphatic heterocycles. The fraction of sp³-hybridized carbons (Fsp3) is 0.167. The molecule has 0 aliphatic carbocycles. The minimum Gasteiger partial charge on any atom is -0.365 e. The Labute approximate surface area is 113 Å². The second-order valence-electron chi connectivity index (χ2n) is 3.84. The molecule has 3 rings (SSSR count). The summed E-state index contributed by atoms with van der Waals surface area (Å²) in [6.45, 7) is 0. The third-order valence-corrected chi connectivity index (χ3v) is 4.56. The number of benzene rings is 1. The van der Waals surface area contributed by atoms with Crippen LogP contribution in [0.2, 0.25) is 0 Å². The van der Waals surface area contributed by atoms with E-state index in [4.69, 9.17) is 0 Å². The van der Waals surface area contributed by atoms with Crippen LogP contribution in [-0.2, 0) is 4.79 Å². The van der Waals surface area contributed by atoms with E-state index in [0.29, 0.717) is 5.75 Å². The summed E-state index contributed by atoms with van der Waals surface area (Å²) >= 11 is 3.14. The highest BCUT2D eigenvalue weighted by atomic mass is 32.2. The van der Waals surface area contributed by atoms with Gasteiger partial charge in [-0.05, 0) is 12.1 Å². The molecule has 0 unspecified atom stereocenters. The Morgan fingerprint density at radius 2 is 2.33 bits per heavy atom. The monoisotopic (exact) mass is 277 g/mol. The van der Waals surface area contributed by atoms with Crippen LogP contribution < -0.4 is 10.6 Å². The summed E-state index contributed by atoms with van der Waals surface area (Å²) in [7, 11) is 1.85. The molecule has 0 fully saturated rings. The van der Waals surface area contributed by atoms with Crippen LogP contribution in [0.1, 0.15) is 0 Å². The van der Waals surface area contributed by atoms with Gasteiger partial charge in [0.2, 0.25) is 5.91 Å². The van der Waals surface area contributed by atoms with Crippen molar-refractivity contribution < 1.29 is 4.79 Å². The van der Waals surface area contributed by atoms with Crippen molar-refractivity contribution in [2.45, 2.75) is 4.90 Å². The van der Waals surface area contributed by atoms with Crippen LogP contribution in [0.5, 0.6) is 0 Å². The van der Waals surface area contributed by atoms with E-state index in [0.717, 1.165) is 27.0 Å². The van der Waals surface area contributed by atoms with Gasteiger partial charge < -0.3 is 10.6 Å². The van der Waals surface area contributed by atoms with Gasteiger partial charge >= 0.3 is 0 Å². The summed E-state index contributed by atoms with van der Waals surface area (Å²) in [4.78, 5) is 16.9. The van der Waals surface area contributed by atoms with E-state index in [1.54, 1.807) is 23.1 Å². The average molecular weight is 277 g/mol. The summed E-state index contributed by atoms with van der Waals surface area (Å²) in [5, 5.41) is 8.81. The number of rotatable bonds is 2. The van der Waals surface area contributed by atoms with E-state index in [1.165, 1.54) is 0 Å². The standard InChI is InChI=1S/C12H11N3OS2/c1-13-12-15-9(5-18-12)7-2-3-10-8(4-7)14-11(16)6-17-10/h2-5H,6H2,1H3,(H,13,15)(H,14,16). The Hall–Kier alpha value is -1.53. The number of amides is 1. The minimum atomic E-state index is 0.0545. The number of aromatic nitrogens is 1. The van der Waals surface area contributed by atoms with E-state index in [1.807, 2.05) is 30.6 Å². The number of nitrogens with one attached hydrogen (secondary N) is 2. The summed E-state index contributed by atoms with van der Waals surface area (Å²) in [5.41, 5.74) is 2.83.